The monoisotopic (exact) mass is 186 g/mol. The van der Waals surface area contributed by atoms with Gasteiger partial charge in [-0.25, -0.2) is 0 Å². The van der Waals surface area contributed by atoms with Crippen LogP contribution in [0, 0.1) is 11.3 Å². The topological polar surface area (TPSA) is 52.9 Å². The molecule has 3 nitrogen and oxygen atoms in total. The lowest BCUT2D eigenvalue weighted by atomic mass is 10.2. The summed E-state index contributed by atoms with van der Waals surface area (Å²) in [4.78, 5) is 0. The molecule has 0 amide bonds. The molecule has 0 aliphatic carbocycles. The molecule has 1 N–H and O–H groups in total. The lowest BCUT2D eigenvalue weighted by Gasteiger charge is -2.15. The molecule has 1 rings (SSSR count). The lowest BCUT2D eigenvalue weighted by molar-refractivity contribution is 0.477. The average Bonchev–Trinajstić information content (AvgIpc) is 2.36. The first-order valence-corrected chi connectivity index (χ1v) is 5.69. The van der Waals surface area contributed by atoms with Crippen molar-refractivity contribution < 1.29 is 4.21 Å². The van der Waals surface area contributed by atoms with Crippen LogP contribution in [0.4, 0.5) is 0 Å². The van der Waals surface area contributed by atoms with E-state index in [0.717, 1.165) is 17.9 Å². The van der Waals surface area contributed by atoms with Crippen LogP contribution in [-0.2, 0) is 10.8 Å². The fourth-order valence-corrected chi connectivity index (χ4v) is 2.82. The molecule has 0 radical (unpaired) electrons. The molecule has 0 aromatic rings. The predicted molar refractivity (Wildman–Crippen MR) is 49.1 cm³/mol. The normalized spacial score (nSPS) is 31.3. The van der Waals surface area contributed by atoms with Crippen molar-refractivity contribution in [1.82, 2.24) is 5.32 Å². The van der Waals surface area contributed by atoms with Gasteiger partial charge in [0.25, 0.3) is 0 Å². The molecule has 0 aromatic heterocycles. The number of hydrogen-bond acceptors (Lipinski definition) is 3. The second-order valence-electron chi connectivity index (χ2n) is 3.23. The Balaban J connectivity index is 2.23. The highest BCUT2D eigenvalue weighted by molar-refractivity contribution is 7.85. The molecule has 1 fully saturated rings. The van der Waals surface area contributed by atoms with E-state index in [1.165, 1.54) is 0 Å². The van der Waals surface area contributed by atoms with Crippen molar-refractivity contribution in [2.24, 2.45) is 0 Å². The van der Waals surface area contributed by atoms with Crippen LogP contribution in [0.25, 0.3) is 0 Å². The van der Waals surface area contributed by atoms with E-state index in [4.69, 9.17) is 5.26 Å². The van der Waals surface area contributed by atoms with Crippen LogP contribution in [0.2, 0.25) is 0 Å². The van der Waals surface area contributed by atoms with Crippen LogP contribution < -0.4 is 5.32 Å². The summed E-state index contributed by atoms with van der Waals surface area (Å²) in [5.41, 5.74) is 0. The van der Waals surface area contributed by atoms with Gasteiger partial charge in [0.1, 0.15) is 0 Å². The molecule has 0 saturated carbocycles. The highest BCUT2D eigenvalue weighted by Crippen LogP contribution is 2.08. The smallest absolute Gasteiger partial charge is 0.0638 e. The average molecular weight is 186 g/mol. The first-order valence-electron chi connectivity index (χ1n) is 4.20. The minimum Gasteiger partial charge on any atom is -0.310 e. The Bertz CT molecular complexity index is 212. The van der Waals surface area contributed by atoms with Crippen LogP contribution in [0.15, 0.2) is 0 Å². The number of nitrogens with zero attached hydrogens (tertiary/aromatic N) is 1. The van der Waals surface area contributed by atoms with E-state index in [1.807, 2.05) is 6.92 Å². The van der Waals surface area contributed by atoms with E-state index in [2.05, 4.69) is 11.4 Å². The van der Waals surface area contributed by atoms with Crippen molar-refractivity contribution in [3.8, 4) is 6.07 Å². The Labute approximate surface area is 75.6 Å². The third-order valence-corrected chi connectivity index (χ3v) is 3.46. The van der Waals surface area contributed by atoms with E-state index >= 15 is 0 Å². The second-order valence-corrected chi connectivity index (χ2v) is 4.85. The van der Waals surface area contributed by atoms with Crippen LogP contribution in [0.1, 0.15) is 19.8 Å². The molecular weight excluding hydrogens is 172 g/mol. The van der Waals surface area contributed by atoms with Crippen molar-refractivity contribution >= 4 is 10.8 Å². The minimum atomic E-state index is -0.619. The van der Waals surface area contributed by atoms with Crippen molar-refractivity contribution in [1.29, 1.82) is 5.26 Å². The summed E-state index contributed by atoms with van der Waals surface area (Å²) < 4.78 is 11.0. The van der Waals surface area contributed by atoms with Gasteiger partial charge in [0, 0.05) is 34.4 Å². The zero-order chi connectivity index (χ0) is 8.97. The Kier molecular flexibility index (Phi) is 3.70. The molecule has 1 heterocycles. The fraction of sp³-hybridized carbons (Fsp3) is 0.875. The molecule has 4 heteroatoms. The highest BCUT2D eigenvalue weighted by atomic mass is 32.2. The first kappa shape index (κ1) is 9.69. The SMILES string of the molecule is CC(CC#N)NC1CCS(=O)C1. The Morgan fingerprint density at radius 1 is 1.83 bits per heavy atom. The Morgan fingerprint density at radius 2 is 2.58 bits per heavy atom. The maximum Gasteiger partial charge on any atom is 0.0638 e. The highest BCUT2D eigenvalue weighted by Gasteiger charge is 2.21. The van der Waals surface area contributed by atoms with E-state index < -0.39 is 10.8 Å². The fourth-order valence-electron chi connectivity index (χ4n) is 1.39. The molecule has 1 saturated heterocycles. The van der Waals surface area contributed by atoms with Crippen LogP contribution in [0.3, 0.4) is 0 Å². The summed E-state index contributed by atoms with van der Waals surface area (Å²) in [5.74, 6) is 1.58. The molecule has 3 atom stereocenters. The number of nitriles is 1. The summed E-state index contributed by atoms with van der Waals surface area (Å²) in [7, 11) is -0.619. The zero-order valence-electron chi connectivity index (χ0n) is 7.25. The second kappa shape index (κ2) is 4.58. The molecule has 12 heavy (non-hydrogen) atoms. The van der Waals surface area contributed by atoms with E-state index in [1.54, 1.807) is 0 Å². The Morgan fingerprint density at radius 3 is 3.08 bits per heavy atom. The summed E-state index contributed by atoms with van der Waals surface area (Å²) in [6, 6.07) is 2.72. The minimum absolute atomic E-state index is 0.232. The lowest BCUT2D eigenvalue weighted by Crippen LogP contribution is -2.36. The van der Waals surface area contributed by atoms with Crippen molar-refractivity contribution in [2.45, 2.75) is 31.8 Å². The zero-order valence-corrected chi connectivity index (χ0v) is 8.06. The number of nitrogens with one attached hydrogen (secondary N) is 1. The van der Waals surface area contributed by atoms with Gasteiger partial charge in [0.2, 0.25) is 0 Å². The summed E-state index contributed by atoms with van der Waals surface area (Å²) >= 11 is 0. The van der Waals surface area contributed by atoms with Gasteiger partial charge in [-0.3, -0.25) is 4.21 Å². The summed E-state index contributed by atoms with van der Waals surface area (Å²) in [6.45, 7) is 1.99. The maximum atomic E-state index is 11.0. The summed E-state index contributed by atoms with van der Waals surface area (Å²) in [6.07, 6.45) is 1.52. The van der Waals surface area contributed by atoms with Gasteiger partial charge in [0.15, 0.2) is 0 Å². The van der Waals surface area contributed by atoms with Crippen LogP contribution >= 0.6 is 0 Å². The third-order valence-electron chi connectivity index (χ3n) is 2.00. The van der Waals surface area contributed by atoms with E-state index in [-0.39, 0.29) is 6.04 Å². The van der Waals surface area contributed by atoms with Gasteiger partial charge in [-0.05, 0) is 13.3 Å². The molecule has 3 unspecified atom stereocenters. The van der Waals surface area contributed by atoms with Gasteiger partial charge < -0.3 is 5.32 Å². The largest absolute Gasteiger partial charge is 0.310 e. The number of hydrogen-bond donors (Lipinski definition) is 1. The first-order chi connectivity index (χ1) is 5.72. The standard InChI is InChI=1S/C8H14N2OS/c1-7(2-4-9)10-8-3-5-12(11)6-8/h7-8,10H,2-3,5-6H2,1H3. The predicted octanol–water partition coefficient (Wildman–Crippen LogP) is 0.399. The van der Waals surface area contributed by atoms with Gasteiger partial charge in [-0.1, -0.05) is 0 Å². The quantitative estimate of drug-likeness (QED) is 0.694. The summed E-state index contributed by atoms with van der Waals surface area (Å²) in [5, 5.41) is 11.7. The van der Waals surface area contributed by atoms with Gasteiger partial charge >= 0.3 is 0 Å². The molecular formula is C8H14N2OS. The Hall–Kier alpha value is -0.400. The van der Waals surface area contributed by atoms with Gasteiger partial charge in [-0.15, -0.1) is 0 Å². The molecule has 0 spiro atoms. The molecule has 1 aliphatic rings. The molecule has 1 aliphatic heterocycles. The van der Waals surface area contributed by atoms with Crippen LogP contribution in [-0.4, -0.2) is 27.8 Å². The van der Waals surface area contributed by atoms with E-state index in [0.29, 0.717) is 12.5 Å². The van der Waals surface area contributed by atoms with Gasteiger partial charge in [-0.2, -0.15) is 5.26 Å². The van der Waals surface area contributed by atoms with E-state index in [9.17, 15) is 4.21 Å². The molecule has 68 valence electrons. The van der Waals surface area contributed by atoms with Crippen molar-refractivity contribution in [2.75, 3.05) is 11.5 Å². The molecule has 0 aromatic carbocycles. The maximum absolute atomic E-state index is 11.0. The number of rotatable bonds is 3. The van der Waals surface area contributed by atoms with Gasteiger partial charge in [0.05, 0.1) is 12.5 Å². The molecule has 0 bridgehead atoms. The van der Waals surface area contributed by atoms with Crippen molar-refractivity contribution in [3.05, 3.63) is 0 Å². The third kappa shape index (κ3) is 2.92. The van der Waals surface area contributed by atoms with Crippen LogP contribution in [0.5, 0.6) is 0 Å². The van der Waals surface area contributed by atoms with Crippen molar-refractivity contribution in [3.63, 3.8) is 0 Å².